The summed E-state index contributed by atoms with van der Waals surface area (Å²) in [7, 11) is 0. The van der Waals surface area contributed by atoms with Crippen molar-refractivity contribution >= 4 is 17.4 Å². The van der Waals surface area contributed by atoms with Crippen LogP contribution in [0.5, 0.6) is 0 Å². The zero-order chi connectivity index (χ0) is 13.7. The fourth-order valence-electron chi connectivity index (χ4n) is 3.52. The van der Waals surface area contributed by atoms with Gasteiger partial charge in [0, 0.05) is 16.7 Å². The molecule has 0 amide bonds. The topological polar surface area (TPSA) is 69.4 Å². The van der Waals surface area contributed by atoms with Gasteiger partial charge in [-0.2, -0.15) is 0 Å². The number of nitrogen functional groups attached to an aromatic ring is 1. The van der Waals surface area contributed by atoms with Gasteiger partial charge in [-0.1, -0.05) is 12.1 Å². The van der Waals surface area contributed by atoms with E-state index >= 15 is 0 Å². The van der Waals surface area contributed by atoms with Crippen LogP contribution in [0.25, 0.3) is 0 Å². The van der Waals surface area contributed by atoms with Gasteiger partial charge in [-0.15, -0.1) is 0 Å². The highest BCUT2D eigenvalue weighted by atomic mass is 16.5. The molecular weight excluding hydrogens is 242 g/mol. The summed E-state index contributed by atoms with van der Waals surface area (Å²) in [5.41, 5.74) is 6.24. The van der Waals surface area contributed by atoms with E-state index in [0.29, 0.717) is 37.1 Å². The zero-order valence-electron chi connectivity index (χ0n) is 10.9. The highest BCUT2D eigenvalue weighted by Gasteiger charge is 2.75. The maximum atomic E-state index is 12.5. The van der Waals surface area contributed by atoms with Gasteiger partial charge in [-0.25, -0.2) is 0 Å². The van der Waals surface area contributed by atoms with Gasteiger partial charge >= 0.3 is 5.97 Å². The van der Waals surface area contributed by atoms with Crippen LogP contribution in [0.1, 0.15) is 36.5 Å². The molecule has 0 saturated heterocycles. The number of carbonyl (C=O) groups is 2. The van der Waals surface area contributed by atoms with E-state index in [1.54, 1.807) is 31.2 Å². The van der Waals surface area contributed by atoms with Crippen molar-refractivity contribution in [2.24, 2.45) is 10.8 Å². The molecule has 2 bridgehead atoms. The first-order chi connectivity index (χ1) is 9.01. The maximum absolute atomic E-state index is 12.5. The van der Waals surface area contributed by atoms with Crippen molar-refractivity contribution in [3.05, 3.63) is 29.8 Å². The number of esters is 1. The van der Waals surface area contributed by atoms with E-state index in [0.717, 1.165) is 0 Å². The van der Waals surface area contributed by atoms with Crippen molar-refractivity contribution in [3.63, 3.8) is 0 Å². The average molecular weight is 259 g/mol. The van der Waals surface area contributed by atoms with Gasteiger partial charge in [0.15, 0.2) is 5.78 Å². The Morgan fingerprint density at radius 1 is 1.26 bits per heavy atom. The van der Waals surface area contributed by atoms with E-state index in [9.17, 15) is 9.59 Å². The van der Waals surface area contributed by atoms with Gasteiger partial charge in [0.25, 0.3) is 0 Å². The Kier molecular flexibility index (Phi) is 2.46. The number of benzene rings is 1. The van der Waals surface area contributed by atoms with Crippen LogP contribution >= 0.6 is 0 Å². The molecule has 2 N–H and O–H groups in total. The van der Waals surface area contributed by atoms with Crippen LogP contribution in [0.15, 0.2) is 24.3 Å². The van der Waals surface area contributed by atoms with Crippen LogP contribution in [0.3, 0.4) is 0 Å². The Labute approximate surface area is 111 Å². The number of anilines is 1. The van der Waals surface area contributed by atoms with E-state index in [1.807, 2.05) is 0 Å². The smallest absolute Gasteiger partial charge is 0.312 e. The highest BCUT2D eigenvalue weighted by Crippen LogP contribution is 2.74. The average Bonchev–Trinajstić information content (AvgIpc) is 2.25. The van der Waals surface area contributed by atoms with Crippen LogP contribution < -0.4 is 5.73 Å². The first-order valence-electron chi connectivity index (χ1n) is 6.59. The standard InChI is InChI=1S/C15H17NO3/c1-2-19-13(18)15-7-14(8-15,9-15)12(17)10-4-3-5-11(16)6-10/h3-6H,2,7-9,16H2,1H3/t14-,15+. The molecule has 1 aromatic carbocycles. The SMILES string of the molecule is CCOC(=O)[C@]12C[C@](C(=O)c3cccc(N)c3)(C1)C2. The van der Waals surface area contributed by atoms with Crippen LogP contribution in [-0.2, 0) is 9.53 Å². The van der Waals surface area contributed by atoms with E-state index < -0.39 is 0 Å². The van der Waals surface area contributed by atoms with Crippen molar-refractivity contribution < 1.29 is 14.3 Å². The van der Waals surface area contributed by atoms with Gasteiger partial charge < -0.3 is 10.5 Å². The zero-order valence-corrected chi connectivity index (χ0v) is 10.9. The molecule has 0 radical (unpaired) electrons. The van der Waals surface area contributed by atoms with Crippen molar-refractivity contribution in [2.75, 3.05) is 12.3 Å². The molecule has 0 spiro atoms. The van der Waals surface area contributed by atoms with Gasteiger partial charge in [0.2, 0.25) is 0 Å². The van der Waals surface area contributed by atoms with E-state index in [4.69, 9.17) is 10.5 Å². The van der Waals surface area contributed by atoms with Crippen molar-refractivity contribution in [3.8, 4) is 0 Å². The maximum Gasteiger partial charge on any atom is 0.312 e. The molecule has 0 aromatic heterocycles. The summed E-state index contributed by atoms with van der Waals surface area (Å²) >= 11 is 0. The minimum Gasteiger partial charge on any atom is -0.466 e. The molecule has 100 valence electrons. The Hall–Kier alpha value is -1.84. The molecule has 19 heavy (non-hydrogen) atoms. The first-order valence-corrected chi connectivity index (χ1v) is 6.59. The second kappa shape index (κ2) is 3.83. The molecular formula is C15H17NO3. The Bertz CT molecular complexity index is 544. The van der Waals surface area contributed by atoms with Gasteiger partial charge in [-0.05, 0) is 38.3 Å². The lowest BCUT2D eigenvalue weighted by molar-refractivity contribution is -0.209. The van der Waals surface area contributed by atoms with E-state index in [1.165, 1.54) is 0 Å². The minimum atomic E-state index is -0.369. The third-order valence-corrected chi connectivity index (χ3v) is 4.37. The number of ether oxygens (including phenoxy) is 1. The molecule has 3 aliphatic rings. The Morgan fingerprint density at radius 2 is 1.95 bits per heavy atom. The summed E-state index contributed by atoms with van der Waals surface area (Å²) in [6.45, 7) is 2.20. The van der Waals surface area contributed by atoms with Crippen LogP contribution in [0.2, 0.25) is 0 Å². The monoisotopic (exact) mass is 259 g/mol. The molecule has 3 aliphatic carbocycles. The fourth-order valence-corrected chi connectivity index (χ4v) is 3.52. The lowest BCUT2D eigenvalue weighted by atomic mass is 9.33. The van der Waals surface area contributed by atoms with Crippen LogP contribution in [-0.4, -0.2) is 18.4 Å². The summed E-state index contributed by atoms with van der Waals surface area (Å²) < 4.78 is 5.07. The molecule has 4 nitrogen and oxygen atoms in total. The second-order valence-corrected chi connectivity index (χ2v) is 5.77. The largest absolute Gasteiger partial charge is 0.466 e. The third-order valence-electron chi connectivity index (χ3n) is 4.37. The fraction of sp³-hybridized carbons (Fsp3) is 0.467. The van der Waals surface area contributed by atoms with Crippen LogP contribution in [0.4, 0.5) is 5.69 Å². The predicted octanol–water partition coefficient (Wildman–Crippen LogP) is 2.18. The molecule has 1 aromatic rings. The number of nitrogens with two attached hydrogens (primary N) is 1. The van der Waals surface area contributed by atoms with Crippen molar-refractivity contribution in [2.45, 2.75) is 26.2 Å². The molecule has 3 fully saturated rings. The van der Waals surface area contributed by atoms with Crippen LogP contribution in [0, 0.1) is 10.8 Å². The minimum absolute atomic E-state index is 0.117. The third kappa shape index (κ3) is 1.59. The van der Waals surface area contributed by atoms with Crippen molar-refractivity contribution in [1.82, 2.24) is 0 Å². The van der Waals surface area contributed by atoms with E-state index in [-0.39, 0.29) is 22.6 Å². The number of ketones is 1. The molecule has 0 aliphatic heterocycles. The highest BCUT2D eigenvalue weighted by molar-refractivity contribution is 6.05. The second-order valence-electron chi connectivity index (χ2n) is 5.77. The van der Waals surface area contributed by atoms with Gasteiger partial charge in [0.1, 0.15) is 0 Å². The van der Waals surface area contributed by atoms with Gasteiger partial charge in [-0.3, -0.25) is 9.59 Å². The summed E-state index contributed by atoms with van der Waals surface area (Å²) in [5, 5.41) is 0. The number of Topliss-reactive ketones (excluding diaryl/α,β-unsaturated/α-hetero) is 1. The van der Waals surface area contributed by atoms with Crippen molar-refractivity contribution in [1.29, 1.82) is 0 Å². The summed E-state index contributed by atoms with van der Waals surface area (Å²) in [6.07, 6.45) is 1.89. The lowest BCUT2D eigenvalue weighted by Crippen LogP contribution is -2.68. The Balaban J connectivity index is 1.72. The lowest BCUT2D eigenvalue weighted by Gasteiger charge is -2.67. The Morgan fingerprint density at radius 3 is 2.53 bits per heavy atom. The first kappa shape index (κ1) is 12.2. The number of carbonyl (C=O) groups excluding carboxylic acids is 2. The number of rotatable bonds is 4. The summed E-state index contributed by atoms with van der Waals surface area (Å²) in [5.74, 6) is -0.0248. The van der Waals surface area contributed by atoms with Gasteiger partial charge in [0.05, 0.1) is 12.0 Å². The molecule has 4 heteroatoms. The summed E-state index contributed by atoms with van der Waals surface area (Å²) in [6, 6.07) is 7.05. The normalized spacial score (nSPS) is 31.0. The molecule has 0 heterocycles. The molecule has 0 atom stereocenters. The molecule has 0 unspecified atom stereocenters. The molecule has 4 rings (SSSR count). The number of hydrogen-bond donors (Lipinski definition) is 1. The quantitative estimate of drug-likeness (QED) is 0.511. The molecule has 3 saturated carbocycles. The van der Waals surface area contributed by atoms with E-state index in [2.05, 4.69) is 0 Å². The predicted molar refractivity (Wildman–Crippen MR) is 70.5 cm³/mol. The number of hydrogen-bond acceptors (Lipinski definition) is 4. The summed E-state index contributed by atoms with van der Waals surface area (Å²) in [4.78, 5) is 24.2.